The maximum absolute atomic E-state index is 12.3. The quantitative estimate of drug-likeness (QED) is 0.760. The molecule has 1 saturated heterocycles. The average Bonchev–Trinajstić information content (AvgIpc) is 2.59. The molecule has 0 bridgehead atoms. The number of rotatable bonds is 6. The number of nitrogens with one attached hydrogen (secondary N) is 2. The van der Waals surface area contributed by atoms with Gasteiger partial charge in [0.15, 0.2) is 0 Å². The van der Waals surface area contributed by atoms with Crippen LogP contribution in [0.5, 0.6) is 0 Å². The van der Waals surface area contributed by atoms with Gasteiger partial charge in [-0.3, -0.25) is 9.59 Å². The van der Waals surface area contributed by atoms with Gasteiger partial charge in [0.2, 0.25) is 0 Å². The molecule has 22 heavy (non-hydrogen) atoms. The summed E-state index contributed by atoms with van der Waals surface area (Å²) in [5.74, 6) is -0.448. The molecule has 1 aromatic carbocycles. The third-order valence-electron chi connectivity index (χ3n) is 3.60. The fraction of sp³-hybridized carbons (Fsp3) is 0.500. The Morgan fingerprint density at radius 2 is 2.18 bits per heavy atom. The molecule has 2 atom stereocenters. The van der Waals surface area contributed by atoms with Gasteiger partial charge in [-0.25, -0.2) is 0 Å². The average molecular weight is 306 g/mol. The second-order valence-corrected chi connectivity index (χ2v) is 5.15. The molecule has 2 rings (SSSR count). The summed E-state index contributed by atoms with van der Waals surface area (Å²) < 4.78 is 10.1. The molecule has 0 radical (unpaired) electrons. The van der Waals surface area contributed by atoms with E-state index in [1.807, 2.05) is 30.3 Å². The molecule has 0 spiro atoms. The van der Waals surface area contributed by atoms with Crippen LogP contribution in [0.4, 0.5) is 0 Å². The molecule has 1 heterocycles. The molecule has 2 N–H and O–H groups in total. The molecule has 1 aliphatic rings. The second kappa shape index (κ2) is 8.51. The maximum atomic E-state index is 12.3. The first-order valence-electron chi connectivity index (χ1n) is 7.45. The summed E-state index contributed by atoms with van der Waals surface area (Å²) in [5.41, 5.74) is 0.962. The van der Waals surface area contributed by atoms with E-state index in [1.165, 1.54) is 7.11 Å². The Hall–Kier alpha value is -1.92. The summed E-state index contributed by atoms with van der Waals surface area (Å²) >= 11 is 0. The Labute approximate surface area is 130 Å². The van der Waals surface area contributed by atoms with E-state index in [9.17, 15) is 9.59 Å². The highest BCUT2D eigenvalue weighted by Crippen LogP contribution is 2.19. The van der Waals surface area contributed by atoms with Crippen molar-refractivity contribution in [2.75, 3.05) is 26.8 Å². The van der Waals surface area contributed by atoms with Crippen LogP contribution < -0.4 is 10.6 Å². The van der Waals surface area contributed by atoms with Crippen molar-refractivity contribution < 1.29 is 19.1 Å². The van der Waals surface area contributed by atoms with E-state index < -0.39 is 6.10 Å². The molecule has 1 amide bonds. The fourth-order valence-corrected chi connectivity index (χ4v) is 2.37. The van der Waals surface area contributed by atoms with Crippen molar-refractivity contribution in [2.45, 2.75) is 25.0 Å². The van der Waals surface area contributed by atoms with Gasteiger partial charge in [0, 0.05) is 19.5 Å². The molecule has 6 nitrogen and oxygen atoms in total. The van der Waals surface area contributed by atoms with Crippen molar-refractivity contribution in [1.29, 1.82) is 0 Å². The summed E-state index contributed by atoms with van der Waals surface area (Å²) in [7, 11) is 1.36. The number of morpholine rings is 1. The van der Waals surface area contributed by atoms with E-state index in [2.05, 4.69) is 15.4 Å². The highest BCUT2D eigenvalue weighted by Gasteiger charge is 2.25. The molecule has 120 valence electrons. The summed E-state index contributed by atoms with van der Waals surface area (Å²) in [6.07, 6.45) is 0.251. The van der Waals surface area contributed by atoms with Gasteiger partial charge in [-0.1, -0.05) is 30.3 Å². The first-order chi connectivity index (χ1) is 10.7. The van der Waals surface area contributed by atoms with Crippen LogP contribution in [-0.4, -0.2) is 44.8 Å². The van der Waals surface area contributed by atoms with Gasteiger partial charge >= 0.3 is 5.97 Å². The number of amides is 1. The number of esters is 1. The highest BCUT2D eigenvalue weighted by molar-refractivity contribution is 5.81. The minimum Gasteiger partial charge on any atom is -0.469 e. The fourth-order valence-electron chi connectivity index (χ4n) is 2.37. The van der Waals surface area contributed by atoms with Crippen molar-refractivity contribution >= 4 is 11.9 Å². The van der Waals surface area contributed by atoms with E-state index in [-0.39, 0.29) is 24.3 Å². The molecule has 1 aromatic rings. The van der Waals surface area contributed by atoms with Crippen molar-refractivity contribution in [3.8, 4) is 0 Å². The lowest BCUT2D eigenvalue weighted by Crippen LogP contribution is -2.48. The van der Waals surface area contributed by atoms with Crippen LogP contribution in [0.3, 0.4) is 0 Å². The number of hydrogen-bond donors (Lipinski definition) is 2. The zero-order valence-corrected chi connectivity index (χ0v) is 12.7. The smallest absolute Gasteiger partial charge is 0.305 e. The van der Waals surface area contributed by atoms with Gasteiger partial charge in [0.1, 0.15) is 6.10 Å². The van der Waals surface area contributed by atoms with E-state index >= 15 is 0 Å². The Morgan fingerprint density at radius 3 is 2.82 bits per heavy atom. The zero-order valence-electron chi connectivity index (χ0n) is 12.7. The van der Waals surface area contributed by atoms with Gasteiger partial charge in [-0.2, -0.15) is 0 Å². The topological polar surface area (TPSA) is 76.7 Å². The van der Waals surface area contributed by atoms with Crippen molar-refractivity contribution in [2.24, 2.45) is 0 Å². The number of ether oxygens (including phenoxy) is 2. The minimum absolute atomic E-state index is 0.161. The Balaban J connectivity index is 2.00. The third kappa shape index (κ3) is 4.82. The SMILES string of the molecule is COC(=O)CCC(NC(=O)C1CNCCO1)c1ccccc1. The first kappa shape index (κ1) is 16.5. The van der Waals surface area contributed by atoms with Gasteiger partial charge < -0.3 is 20.1 Å². The standard InChI is InChI=1S/C16H22N2O4/c1-21-15(19)8-7-13(12-5-3-2-4-6-12)18-16(20)14-11-17-9-10-22-14/h2-6,13-14,17H,7-11H2,1H3,(H,18,20). The summed E-state index contributed by atoms with van der Waals surface area (Å²) in [6.45, 7) is 1.79. The number of carbonyl (C=O) groups is 2. The number of benzene rings is 1. The van der Waals surface area contributed by atoms with Crippen LogP contribution in [0.15, 0.2) is 30.3 Å². The van der Waals surface area contributed by atoms with Gasteiger partial charge in [-0.15, -0.1) is 0 Å². The Bertz CT molecular complexity index is 486. The van der Waals surface area contributed by atoms with Crippen LogP contribution in [0.1, 0.15) is 24.4 Å². The number of methoxy groups -OCH3 is 1. The van der Waals surface area contributed by atoms with E-state index in [0.29, 0.717) is 19.6 Å². The van der Waals surface area contributed by atoms with Gasteiger partial charge in [-0.05, 0) is 12.0 Å². The summed E-state index contributed by atoms with van der Waals surface area (Å²) in [5, 5.41) is 6.10. The maximum Gasteiger partial charge on any atom is 0.305 e. The number of hydrogen-bond acceptors (Lipinski definition) is 5. The molecule has 1 fully saturated rings. The molecule has 2 unspecified atom stereocenters. The first-order valence-corrected chi connectivity index (χ1v) is 7.45. The second-order valence-electron chi connectivity index (χ2n) is 5.15. The molecule has 0 saturated carbocycles. The predicted octanol–water partition coefficient (Wildman–Crippen LogP) is 0.786. The summed E-state index contributed by atoms with van der Waals surface area (Å²) in [6, 6.07) is 9.36. The van der Waals surface area contributed by atoms with Crippen LogP contribution in [0.2, 0.25) is 0 Å². The van der Waals surface area contributed by atoms with Crippen LogP contribution in [0.25, 0.3) is 0 Å². The van der Waals surface area contributed by atoms with Crippen molar-refractivity contribution in [3.63, 3.8) is 0 Å². The van der Waals surface area contributed by atoms with Crippen molar-refractivity contribution in [1.82, 2.24) is 10.6 Å². The molecular formula is C16H22N2O4. The van der Waals surface area contributed by atoms with E-state index in [1.54, 1.807) is 0 Å². The monoisotopic (exact) mass is 306 g/mol. The number of carbonyl (C=O) groups excluding carboxylic acids is 2. The van der Waals surface area contributed by atoms with Crippen LogP contribution in [-0.2, 0) is 19.1 Å². The van der Waals surface area contributed by atoms with E-state index in [0.717, 1.165) is 12.1 Å². The normalized spacial score (nSPS) is 19.2. The van der Waals surface area contributed by atoms with Crippen molar-refractivity contribution in [3.05, 3.63) is 35.9 Å². The largest absolute Gasteiger partial charge is 0.469 e. The molecular weight excluding hydrogens is 284 g/mol. The Kier molecular flexibility index (Phi) is 6.36. The lowest BCUT2D eigenvalue weighted by Gasteiger charge is -2.26. The highest BCUT2D eigenvalue weighted by atomic mass is 16.5. The third-order valence-corrected chi connectivity index (χ3v) is 3.60. The predicted molar refractivity (Wildman–Crippen MR) is 81.2 cm³/mol. The van der Waals surface area contributed by atoms with E-state index in [4.69, 9.17) is 4.74 Å². The molecule has 1 aliphatic heterocycles. The lowest BCUT2D eigenvalue weighted by atomic mass is 10.0. The van der Waals surface area contributed by atoms with Crippen LogP contribution in [0, 0.1) is 0 Å². The molecule has 6 heteroatoms. The molecule has 0 aromatic heterocycles. The minimum atomic E-state index is -0.488. The van der Waals surface area contributed by atoms with Gasteiger partial charge in [0.05, 0.1) is 19.8 Å². The Morgan fingerprint density at radius 1 is 1.41 bits per heavy atom. The van der Waals surface area contributed by atoms with Gasteiger partial charge in [0.25, 0.3) is 5.91 Å². The molecule has 0 aliphatic carbocycles. The summed E-state index contributed by atoms with van der Waals surface area (Å²) in [4.78, 5) is 23.7. The lowest BCUT2D eigenvalue weighted by molar-refractivity contribution is -0.141. The van der Waals surface area contributed by atoms with Crippen LogP contribution >= 0.6 is 0 Å². The zero-order chi connectivity index (χ0) is 15.8.